The van der Waals surface area contributed by atoms with Gasteiger partial charge in [-0.15, -0.1) is 11.8 Å². The SMILES string of the molecule is COc1ccc(SC(C)C(=O)N[C@@H](C(=O)O)C(C)C)cc1. The number of hydrogen-bond acceptors (Lipinski definition) is 4. The van der Waals surface area contributed by atoms with Crippen LogP contribution in [-0.2, 0) is 9.59 Å². The molecule has 0 radical (unpaired) electrons. The number of methoxy groups -OCH3 is 1. The van der Waals surface area contributed by atoms with Crippen LogP contribution in [0, 0.1) is 5.92 Å². The van der Waals surface area contributed by atoms with E-state index in [-0.39, 0.29) is 17.1 Å². The Bertz CT molecular complexity index is 487. The van der Waals surface area contributed by atoms with Gasteiger partial charge in [0.1, 0.15) is 11.8 Å². The van der Waals surface area contributed by atoms with Crippen LogP contribution in [0.25, 0.3) is 0 Å². The molecule has 0 fully saturated rings. The largest absolute Gasteiger partial charge is 0.497 e. The van der Waals surface area contributed by atoms with Crippen molar-refractivity contribution < 1.29 is 19.4 Å². The van der Waals surface area contributed by atoms with Crippen LogP contribution in [0.1, 0.15) is 20.8 Å². The number of nitrogens with one attached hydrogen (secondary N) is 1. The minimum atomic E-state index is -1.01. The van der Waals surface area contributed by atoms with Crippen molar-refractivity contribution in [2.24, 2.45) is 5.92 Å². The lowest BCUT2D eigenvalue weighted by Crippen LogP contribution is -2.46. The highest BCUT2D eigenvalue weighted by Crippen LogP contribution is 2.25. The second kappa shape index (κ2) is 7.93. The number of carbonyl (C=O) groups is 2. The molecule has 1 rings (SSSR count). The van der Waals surface area contributed by atoms with Gasteiger partial charge < -0.3 is 15.2 Å². The normalized spacial score (nSPS) is 13.6. The summed E-state index contributed by atoms with van der Waals surface area (Å²) in [6.07, 6.45) is 0. The number of carboxylic acid groups (broad SMARTS) is 1. The van der Waals surface area contributed by atoms with Gasteiger partial charge >= 0.3 is 5.97 Å². The first kappa shape index (κ1) is 17.4. The predicted molar refractivity (Wildman–Crippen MR) is 82.7 cm³/mol. The van der Waals surface area contributed by atoms with E-state index in [9.17, 15) is 9.59 Å². The van der Waals surface area contributed by atoms with Crippen molar-refractivity contribution in [3.8, 4) is 5.75 Å². The maximum Gasteiger partial charge on any atom is 0.326 e. The molecule has 6 heteroatoms. The lowest BCUT2D eigenvalue weighted by Gasteiger charge is -2.20. The summed E-state index contributed by atoms with van der Waals surface area (Å²) in [6.45, 7) is 5.28. The van der Waals surface area contributed by atoms with Crippen LogP contribution < -0.4 is 10.1 Å². The molecule has 0 saturated heterocycles. The second-order valence-corrected chi connectivity index (χ2v) is 6.42. The molecule has 1 amide bonds. The first-order chi connectivity index (χ1) is 9.85. The molecule has 21 heavy (non-hydrogen) atoms. The highest BCUT2D eigenvalue weighted by molar-refractivity contribution is 8.00. The molecule has 0 aliphatic carbocycles. The van der Waals surface area contributed by atoms with E-state index < -0.39 is 12.0 Å². The van der Waals surface area contributed by atoms with Gasteiger partial charge in [-0.1, -0.05) is 13.8 Å². The van der Waals surface area contributed by atoms with E-state index >= 15 is 0 Å². The zero-order chi connectivity index (χ0) is 16.0. The Labute approximate surface area is 129 Å². The maximum atomic E-state index is 12.1. The van der Waals surface area contributed by atoms with Crippen molar-refractivity contribution >= 4 is 23.6 Å². The molecular formula is C15H21NO4S. The number of carbonyl (C=O) groups excluding carboxylic acids is 1. The molecule has 1 unspecified atom stereocenters. The van der Waals surface area contributed by atoms with E-state index in [0.717, 1.165) is 10.6 Å². The number of ether oxygens (including phenoxy) is 1. The summed E-state index contributed by atoms with van der Waals surface area (Å²) in [5.74, 6) is -0.705. The number of amides is 1. The summed E-state index contributed by atoms with van der Waals surface area (Å²) in [4.78, 5) is 24.1. The van der Waals surface area contributed by atoms with E-state index in [4.69, 9.17) is 9.84 Å². The fraction of sp³-hybridized carbons (Fsp3) is 0.467. The lowest BCUT2D eigenvalue weighted by molar-refractivity contribution is -0.143. The first-order valence-corrected chi connectivity index (χ1v) is 7.57. The summed E-state index contributed by atoms with van der Waals surface area (Å²) in [6, 6.07) is 6.51. The van der Waals surface area contributed by atoms with Crippen molar-refractivity contribution in [2.45, 2.75) is 37.0 Å². The van der Waals surface area contributed by atoms with Gasteiger partial charge in [-0.2, -0.15) is 0 Å². The molecule has 1 aromatic carbocycles. The summed E-state index contributed by atoms with van der Waals surface area (Å²) >= 11 is 1.38. The first-order valence-electron chi connectivity index (χ1n) is 6.69. The Morgan fingerprint density at radius 3 is 2.19 bits per heavy atom. The van der Waals surface area contributed by atoms with Gasteiger partial charge in [0.2, 0.25) is 5.91 Å². The van der Waals surface area contributed by atoms with Crippen LogP contribution in [0.5, 0.6) is 5.75 Å². The fourth-order valence-corrected chi connectivity index (χ4v) is 2.57. The van der Waals surface area contributed by atoms with Crippen LogP contribution in [0.15, 0.2) is 29.2 Å². The van der Waals surface area contributed by atoms with Crippen molar-refractivity contribution in [3.05, 3.63) is 24.3 Å². The molecule has 0 aromatic heterocycles. The summed E-state index contributed by atoms with van der Waals surface area (Å²) in [7, 11) is 1.59. The molecule has 0 saturated carbocycles. The third-order valence-corrected chi connectivity index (χ3v) is 4.08. The minimum Gasteiger partial charge on any atom is -0.497 e. The zero-order valence-electron chi connectivity index (χ0n) is 12.6. The molecule has 2 N–H and O–H groups in total. The average Bonchev–Trinajstić information content (AvgIpc) is 2.44. The maximum absolute atomic E-state index is 12.1. The standard InChI is InChI=1S/C15H21NO4S/c1-9(2)13(15(18)19)16-14(17)10(3)21-12-7-5-11(20-4)6-8-12/h5-10,13H,1-4H3,(H,16,17)(H,18,19)/t10?,13-/m1/s1. The molecule has 0 heterocycles. The quantitative estimate of drug-likeness (QED) is 0.756. The third-order valence-electron chi connectivity index (χ3n) is 2.97. The molecule has 116 valence electrons. The number of thioether (sulfide) groups is 1. The molecule has 2 atom stereocenters. The minimum absolute atomic E-state index is 0.162. The van der Waals surface area contributed by atoms with Crippen molar-refractivity contribution in [1.82, 2.24) is 5.32 Å². The number of carboxylic acids is 1. The van der Waals surface area contributed by atoms with E-state index in [1.165, 1.54) is 11.8 Å². The third kappa shape index (κ3) is 5.30. The highest BCUT2D eigenvalue weighted by Gasteiger charge is 2.26. The van der Waals surface area contributed by atoms with Crippen LogP contribution >= 0.6 is 11.8 Å². The Kier molecular flexibility index (Phi) is 6.55. The van der Waals surface area contributed by atoms with Crippen LogP contribution in [-0.4, -0.2) is 35.4 Å². The van der Waals surface area contributed by atoms with Gasteiger partial charge in [0.15, 0.2) is 0 Å². The number of hydrogen-bond donors (Lipinski definition) is 2. The van der Waals surface area contributed by atoms with Gasteiger partial charge in [0.05, 0.1) is 12.4 Å². The number of rotatable bonds is 7. The van der Waals surface area contributed by atoms with Crippen molar-refractivity contribution in [1.29, 1.82) is 0 Å². The zero-order valence-corrected chi connectivity index (χ0v) is 13.4. The van der Waals surface area contributed by atoms with E-state index in [0.29, 0.717) is 0 Å². The van der Waals surface area contributed by atoms with Gasteiger partial charge in [0, 0.05) is 4.90 Å². The molecule has 5 nitrogen and oxygen atoms in total. The van der Waals surface area contributed by atoms with Gasteiger partial charge in [-0.25, -0.2) is 4.79 Å². The average molecular weight is 311 g/mol. The topological polar surface area (TPSA) is 75.6 Å². The lowest BCUT2D eigenvalue weighted by atomic mass is 10.0. The van der Waals surface area contributed by atoms with Gasteiger partial charge in [0.25, 0.3) is 0 Å². The molecular weight excluding hydrogens is 290 g/mol. The Morgan fingerprint density at radius 2 is 1.76 bits per heavy atom. The van der Waals surface area contributed by atoms with Crippen molar-refractivity contribution in [3.63, 3.8) is 0 Å². The van der Waals surface area contributed by atoms with Gasteiger partial charge in [-0.3, -0.25) is 4.79 Å². The predicted octanol–water partition coefficient (Wildman–Crippen LogP) is 2.40. The van der Waals surface area contributed by atoms with Crippen molar-refractivity contribution in [2.75, 3.05) is 7.11 Å². The highest BCUT2D eigenvalue weighted by atomic mass is 32.2. The summed E-state index contributed by atoms with van der Waals surface area (Å²) in [5, 5.41) is 11.3. The van der Waals surface area contributed by atoms with Crippen LogP contribution in [0.4, 0.5) is 0 Å². The van der Waals surface area contributed by atoms with Gasteiger partial charge in [-0.05, 0) is 37.1 Å². The number of benzene rings is 1. The monoisotopic (exact) mass is 311 g/mol. The Hall–Kier alpha value is -1.69. The molecule has 0 spiro atoms. The summed E-state index contributed by atoms with van der Waals surface area (Å²) in [5.41, 5.74) is 0. The second-order valence-electron chi connectivity index (χ2n) is 5.00. The Morgan fingerprint density at radius 1 is 1.19 bits per heavy atom. The molecule has 0 aliphatic rings. The molecule has 0 bridgehead atoms. The smallest absolute Gasteiger partial charge is 0.326 e. The summed E-state index contributed by atoms with van der Waals surface area (Å²) < 4.78 is 5.07. The van der Waals surface area contributed by atoms with Crippen LogP contribution in [0.2, 0.25) is 0 Å². The van der Waals surface area contributed by atoms with E-state index in [1.807, 2.05) is 24.3 Å². The fourth-order valence-electron chi connectivity index (χ4n) is 1.70. The van der Waals surface area contributed by atoms with Crippen LogP contribution in [0.3, 0.4) is 0 Å². The molecule has 0 aliphatic heterocycles. The molecule has 1 aromatic rings. The number of aliphatic carboxylic acids is 1. The van der Waals surface area contributed by atoms with E-state index in [1.54, 1.807) is 27.9 Å². The van der Waals surface area contributed by atoms with E-state index in [2.05, 4.69) is 5.32 Å². The Balaban J connectivity index is 2.63.